The second-order valence-electron chi connectivity index (χ2n) is 6.41. The number of amides is 1. The Labute approximate surface area is 198 Å². The second-order valence-corrected chi connectivity index (χ2v) is 8.66. The molecule has 0 spiro atoms. The van der Waals surface area contributed by atoms with Crippen LogP contribution in [-0.2, 0) is 0 Å². The highest BCUT2D eigenvalue weighted by molar-refractivity contribution is 7.80. The van der Waals surface area contributed by atoms with Gasteiger partial charge in [0.2, 0.25) is 0 Å². The first-order valence-corrected chi connectivity index (χ1v) is 11.0. The standard InChI is InChI=1S/C22H15Cl2N3O2S2/c1-29-18-8-4-2-6-12(18)20(28)27-22(30)26-17-10-13(14(23)11-15(17)24)21-25-16-7-3-5-9-19(16)31-21/h2-11H,1H3,(H2,26,27,28,30). The van der Waals surface area contributed by atoms with E-state index in [2.05, 4.69) is 15.6 Å². The first-order valence-electron chi connectivity index (χ1n) is 9.06. The highest BCUT2D eigenvalue weighted by Crippen LogP contribution is 2.38. The molecule has 5 nitrogen and oxygen atoms in total. The van der Waals surface area contributed by atoms with Gasteiger partial charge in [0.1, 0.15) is 10.8 Å². The summed E-state index contributed by atoms with van der Waals surface area (Å²) in [6, 6.07) is 18.1. The number of anilines is 1. The first-order chi connectivity index (χ1) is 15.0. The number of carbonyl (C=O) groups excluding carboxylic acids is 1. The number of ether oxygens (including phenoxy) is 1. The molecule has 1 amide bonds. The third-order valence-corrected chi connectivity index (χ3v) is 6.31. The van der Waals surface area contributed by atoms with E-state index in [1.54, 1.807) is 36.4 Å². The lowest BCUT2D eigenvalue weighted by Crippen LogP contribution is -2.34. The maximum Gasteiger partial charge on any atom is 0.261 e. The smallest absolute Gasteiger partial charge is 0.261 e. The van der Waals surface area contributed by atoms with E-state index in [0.29, 0.717) is 32.6 Å². The minimum atomic E-state index is -0.397. The van der Waals surface area contributed by atoms with Gasteiger partial charge in [0, 0.05) is 5.56 Å². The van der Waals surface area contributed by atoms with Crippen LogP contribution in [0.2, 0.25) is 10.0 Å². The Morgan fingerprint density at radius 3 is 2.58 bits per heavy atom. The fourth-order valence-corrected chi connectivity index (χ4v) is 4.73. The van der Waals surface area contributed by atoms with Crippen LogP contribution in [0.3, 0.4) is 0 Å². The highest BCUT2D eigenvalue weighted by Gasteiger charge is 2.16. The number of benzene rings is 3. The van der Waals surface area contributed by atoms with Gasteiger partial charge in [0.25, 0.3) is 5.91 Å². The lowest BCUT2D eigenvalue weighted by atomic mass is 10.2. The van der Waals surface area contributed by atoms with Crippen LogP contribution in [0.4, 0.5) is 5.69 Å². The van der Waals surface area contributed by atoms with Crippen molar-refractivity contribution in [1.82, 2.24) is 10.3 Å². The number of fused-ring (bicyclic) bond motifs is 1. The van der Waals surface area contributed by atoms with Crippen molar-refractivity contribution in [2.45, 2.75) is 0 Å². The summed E-state index contributed by atoms with van der Waals surface area (Å²) >= 11 is 19.6. The first kappa shape index (κ1) is 21.5. The van der Waals surface area contributed by atoms with Gasteiger partial charge < -0.3 is 10.1 Å². The third kappa shape index (κ3) is 4.65. The maximum atomic E-state index is 12.6. The van der Waals surface area contributed by atoms with Gasteiger partial charge in [0.05, 0.1) is 38.6 Å². The zero-order valence-electron chi connectivity index (χ0n) is 16.1. The van der Waals surface area contributed by atoms with E-state index in [-0.39, 0.29) is 5.11 Å². The van der Waals surface area contributed by atoms with Crippen molar-refractivity contribution in [1.29, 1.82) is 0 Å². The SMILES string of the molecule is COc1ccccc1C(=O)NC(=S)Nc1cc(-c2nc3ccccc3s2)c(Cl)cc1Cl. The monoisotopic (exact) mass is 487 g/mol. The molecule has 31 heavy (non-hydrogen) atoms. The zero-order chi connectivity index (χ0) is 22.0. The quantitative estimate of drug-likeness (QED) is 0.325. The molecular weight excluding hydrogens is 473 g/mol. The number of carbonyl (C=O) groups is 1. The van der Waals surface area contributed by atoms with Crippen LogP contribution in [-0.4, -0.2) is 23.1 Å². The molecule has 1 aromatic heterocycles. The summed E-state index contributed by atoms with van der Waals surface area (Å²) in [7, 11) is 1.50. The molecule has 156 valence electrons. The number of nitrogens with zero attached hydrogens (tertiary/aromatic N) is 1. The molecule has 0 unspecified atom stereocenters. The number of aromatic nitrogens is 1. The normalized spacial score (nSPS) is 10.7. The minimum absolute atomic E-state index is 0.0929. The molecule has 0 saturated heterocycles. The minimum Gasteiger partial charge on any atom is -0.496 e. The molecule has 4 aromatic rings. The third-order valence-electron chi connectivity index (χ3n) is 4.41. The molecule has 9 heteroatoms. The number of hydrogen-bond acceptors (Lipinski definition) is 5. The number of para-hydroxylation sites is 2. The molecule has 1 heterocycles. The van der Waals surface area contributed by atoms with Crippen LogP contribution in [0.15, 0.2) is 60.7 Å². The molecule has 0 aliphatic heterocycles. The predicted octanol–water partition coefficient (Wildman–Crippen LogP) is 6.41. The highest BCUT2D eigenvalue weighted by atomic mass is 35.5. The molecule has 0 bridgehead atoms. The molecule has 4 rings (SSSR count). The lowest BCUT2D eigenvalue weighted by Gasteiger charge is -2.14. The Morgan fingerprint density at radius 1 is 1.06 bits per heavy atom. The topological polar surface area (TPSA) is 63.2 Å². The Hall–Kier alpha value is -2.71. The van der Waals surface area contributed by atoms with Gasteiger partial charge in [-0.15, -0.1) is 11.3 Å². The van der Waals surface area contributed by atoms with Crippen molar-refractivity contribution in [3.05, 3.63) is 76.3 Å². The second kappa shape index (κ2) is 9.20. The van der Waals surface area contributed by atoms with Gasteiger partial charge in [-0.05, 0) is 48.6 Å². The van der Waals surface area contributed by atoms with Crippen LogP contribution in [0, 0.1) is 0 Å². The van der Waals surface area contributed by atoms with Crippen molar-refractivity contribution < 1.29 is 9.53 Å². The molecule has 3 aromatic carbocycles. The summed E-state index contributed by atoms with van der Waals surface area (Å²) in [6.45, 7) is 0. The van der Waals surface area contributed by atoms with Crippen LogP contribution < -0.4 is 15.4 Å². The number of thiocarbonyl (C=S) groups is 1. The van der Waals surface area contributed by atoms with Crippen molar-refractivity contribution in [2.75, 3.05) is 12.4 Å². The van der Waals surface area contributed by atoms with Crippen molar-refractivity contribution in [2.24, 2.45) is 0 Å². The maximum absolute atomic E-state index is 12.6. The summed E-state index contributed by atoms with van der Waals surface area (Å²) in [6.07, 6.45) is 0. The fraction of sp³-hybridized carbons (Fsp3) is 0.0455. The molecule has 0 atom stereocenters. The summed E-state index contributed by atoms with van der Waals surface area (Å²) in [5.74, 6) is 0.0527. The van der Waals surface area contributed by atoms with E-state index in [4.69, 9.17) is 40.2 Å². The number of methoxy groups -OCH3 is 1. The Bertz CT molecular complexity index is 1270. The summed E-state index contributed by atoms with van der Waals surface area (Å²) in [4.78, 5) is 17.2. The summed E-state index contributed by atoms with van der Waals surface area (Å²) in [5.41, 5.74) is 2.48. The van der Waals surface area contributed by atoms with E-state index >= 15 is 0 Å². The van der Waals surface area contributed by atoms with Crippen LogP contribution >= 0.6 is 46.8 Å². The van der Waals surface area contributed by atoms with Gasteiger partial charge in [-0.1, -0.05) is 47.5 Å². The number of hydrogen-bond donors (Lipinski definition) is 2. The summed E-state index contributed by atoms with van der Waals surface area (Å²) in [5, 5.41) is 7.29. The van der Waals surface area contributed by atoms with Gasteiger partial charge >= 0.3 is 0 Å². The van der Waals surface area contributed by atoms with E-state index in [0.717, 1.165) is 15.2 Å². The van der Waals surface area contributed by atoms with E-state index in [1.807, 2.05) is 24.3 Å². The zero-order valence-corrected chi connectivity index (χ0v) is 19.3. The molecule has 0 radical (unpaired) electrons. The van der Waals surface area contributed by atoms with Crippen LogP contribution in [0.1, 0.15) is 10.4 Å². The van der Waals surface area contributed by atoms with Gasteiger partial charge in [-0.3, -0.25) is 10.1 Å². The number of rotatable bonds is 4. The number of nitrogens with one attached hydrogen (secondary N) is 2. The van der Waals surface area contributed by atoms with E-state index in [9.17, 15) is 4.79 Å². The predicted molar refractivity (Wildman–Crippen MR) is 132 cm³/mol. The molecule has 0 fully saturated rings. The van der Waals surface area contributed by atoms with Crippen molar-refractivity contribution in [3.63, 3.8) is 0 Å². The molecular formula is C22H15Cl2N3O2S2. The Balaban J connectivity index is 1.57. The average Bonchev–Trinajstić information content (AvgIpc) is 3.19. The molecule has 2 N–H and O–H groups in total. The van der Waals surface area contributed by atoms with Crippen molar-refractivity contribution >= 4 is 73.7 Å². The largest absolute Gasteiger partial charge is 0.496 e. The van der Waals surface area contributed by atoms with Gasteiger partial charge in [-0.2, -0.15) is 0 Å². The van der Waals surface area contributed by atoms with E-state index in [1.165, 1.54) is 18.4 Å². The molecule has 0 aliphatic carbocycles. The van der Waals surface area contributed by atoms with Crippen LogP contribution in [0.5, 0.6) is 5.75 Å². The number of thiazole rings is 1. The van der Waals surface area contributed by atoms with Gasteiger partial charge in [0.15, 0.2) is 5.11 Å². The summed E-state index contributed by atoms with van der Waals surface area (Å²) < 4.78 is 6.28. The average molecular weight is 488 g/mol. The van der Waals surface area contributed by atoms with Crippen molar-refractivity contribution in [3.8, 4) is 16.3 Å². The molecule has 0 aliphatic rings. The van der Waals surface area contributed by atoms with E-state index < -0.39 is 5.91 Å². The lowest BCUT2D eigenvalue weighted by molar-refractivity contribution is 0.0975. The number of halogens is 2. The Morgan fingerprint density at radius 2 is 1.81 bits per heavy atom. The molecule has 0 saturated carbocycles. The van der Waals surface area contributed by atoms with Gasteiger partial charge in [-0.25, -0.2) is 4.98 Å². The fourth-order valence-electron chi connectivity index (χ4n) is 2.95. The van der Waals surface area contributed by atoms with Crippen LogP contribution in [0.25, 0.3) is 20.8 Å². The Kier molecular flexibility index (Phi) is 6.38.